The zero-order chi connectivity index (χ0) is 17.9. The first-order valence-corrected chi connectivity index (χ1v) is 8.84. The van der Waals surface area contributed by atoms with Crippen LogP contribution in [0.4, 0.5) is 10.5 Å². The van der Waals surface area contributed by atoms with Crippen molar-refractivity contribution in [2.45, 2.75) is 71.4 Å². The second-order valence-corrected chi connectivity index (χ2v) is 9.11. The van der Waals surface area contributed by atoms with E-state index in [1.165, 1.54) is 11.1 Å². The number of carbonyl (C=O) groups is 1. The van der Waals surface area contributed by atoms with E-state index < -0.39 is 5.60 Å². The summed E-state index contributed by atoms with van der Waals surface area (Å²) in [6.45, 7) is 13.4. The Morgan fingerprint density at radius 2 is 1.96 bits per heavy atom. The van der Waals surface area contributed by atoms with Crippen LogP contribution in [0.3, 0.4) is 0 Å². The molecule has 1 heterocycles. The number of nitrogens with zero attached hydrogens (tertiary/aromatic N) is 1. The van der Waals surface area contributed by atoms with Gasteiger partial charge in [-0.2, -0.15) is 0 Å². The van der Waals surface area contributed by atoms with Gasteiger partial charge in [0.1, 0.15) is 5.60 Å². The third kappa shape index (κ3) is 2.47. The number of anilines is 1. The summed E-state index contributed by atoms with van der Waals surface area (Å²) >= 11 is 0. The second kappa shape index (κ2) is 5.14. The first-order valence-electron chi connectivity index (χ1n) is 8.84. The van der Waals surface area contributed by atoms with Crippen LogP contribution in [-0.4, -0.2) is 29.2 Å². The molecule has 2 N–H and O–H groups in total. The normalized spacial score (nSPS) is 28.2. The third-order valence-corrected chi connectivity index (χ3v) is 6.25. The molecule has 132 valence electrons. The fraction of sp³-hybridized carbons (Fsp3) is 0.650. The largest absolute Gasteiger partial charge is 0.444 e. The summed E-state index contributed by atoms with van der Waals surface area (Å²) < 4.78 is 5.67. The fourth-order valence-electron chi connectivity index (χ4n) is 4.49. The predicted octanol–water partition coefficient (Wildman–Crippen LogP) is 4.12. The van der Waals surface area contributed by atoms with Crippen molar-refractivity contribution in [3.8, 4) is 0 Å². The Hall–Kier alpha value is -1.71. The summed E-state index contributed by atoms with van der Waals surface area (Å²) in [5, 5.41) is 0. The van der Waals surface area contributed by atoms with E-state index in [9.17, 15) is 4.79 Å². The van der Waals surface area contributed by atoms with E-state index in [1.807, 2.05) is 31.7 Å². The van der Waals surface area contributed by atoms with E-state index in [2.05, 4.69) is 32.9 Å². The first-order chi connectivity index (χ1) is 11.0. The van der Waals surface area contributed by atoms with Crippen LogP contribution in [0.15, 0.2) is 18.2 Å². The molecule has 1 saturated heterocycles. The van der Waals surface area contributed by atoms with E-state index in [0.29, 0.717) is 0 Å². The molecular weight excluding hydrogens is 300 g/mol. The van der Waals surface area contributed by atoms with Gasteiger partial charge >= 0.3 is 6.09 Å². The summed E-state index contributed by atoms with van der Waals surface area (Å²) in [4.78, 5) is 14.7. The lowest BCUT2D eigenvalue weighted by Crippen LogP contribution is -2.65. The van der Waals surface area contributed by atoms with Gasteiger partial charge in [-0.25, -0.2) is 4.79 Å². The van der Waals surface area contributed by atoms with E-state index in [4.69, 9.17) is 10.5 Å². The lowest BCUT2D eigenvalue weighted by molar-refractivity contribution is -0.0521. The molecule has 2 aliphatic rings. The van der Waals surface area contributed by atoms with Gasteiger partial charge in [0.15, 0.2) is 0 Å². The number of amides is 1. The van der Waals surface area contributed by atoms with Gasteiger partial charge in [-0.1, -0.05) is 26.8 Å². The monoisotopic (exact) mass is 330 g/mol. The van der Waals surface area contributed by atoms with Crippen molar-refractivity contribution in [1.29, 1.82) is 0 Å². The molecule has 24 heavy (non-hydrogen) atoms. The molecule has 2 bridgehead atoms. The highest BCUT2D eigenvalue weighted by Crippen LogP contribution is 2.56. The van der Waals surface area contributed by atoms with Crippen LogP contribution < -0.4 is 5.73 Å². The van der Waals surface area contributed by atoms with E-state index >= 15 is 0 Å². The predicted molar refractivity (Wildman–Crippen MR) is 97.0 cm³/mol. The molecule has 0 spiro atoms. The van der Waals surface area contributed by atoms with Crippen LogP contribution in [0.5, 0.6) is 0 Å². The van der Waals surface area contributed by atoms with E-state index in [-0.39, 0.29) is 23.0 Å². The molecule has 0 aromatic heterocycles. The Balaban J connectivity index is 2.02. The Kier molecular flexibility index (Phi) is 3.67. The van der Waals surface area contributed by atoms with Gasteiger partial charge in [-0.15, -0.1) is 0 Å². The molecule has 4 heteroatoms. The van der Waals surface area contributed by atoms with Gasteiger partial charge in [0.2, 0.25) is 0 Å². The molecule has 0 saturated carbocycles. The maximum Gasteiger partial charge on any atom is 0.410 e. The first kappa shape index (κ1) is 17.1. The average Bonchev–Trinajstić information content (AvgIpc) is 2.40. The molecule has 1 aliphatic carbocycles. The van der Waals surface area contributed by atoms with Crippen molar-refractivity contribution in [1.82, 2.24) is 4.90 Å². The molecule has 1 aromatic carbocycles. The summed E-state index contributed by atoms with van der Waals surface area (Å²) in [7, 11) is 0. The maximum atomic E-state index is 12.8. The van der Waals surface area contributed by atoms with Crippen molar-refractivity contribution in [2.75, 3.05) is 12.3 Å². The molecule has 1 amide bonds. The number of nitrogens with two attached hydrogens (primary N) is 1. The Labute approximate surface area is 145 Å². The fourth-order valence-corrected chi connectivity index (χ4v) is 4.49. The standard InChI is InChI=1S/C20H30N2O2/c1-18(2,3)24-17(23)22-10-9-20(6)15-8-7-14(21)11-13(15)12-16(22)19(20,4)5/h7-8,11,16H,9-10,12,21H2,1-6H3. The molecule has 3 rings (SSSR count). The average molecular weight is 330 g/mol. The van der Waals surface area contributed by atoms with Crippen LogP contribution in [0, 0.1) is 5.41 Å². The zero-order valence-electron chi connectivity index (χ0n) is 15.8. The van der Waals surface area contributed by atoms with Gasteiger partial charge in [-0.3, -0.25) is 0 Å². The van der Waals surface area contributed by atoms with Crippen LogP contribution in [-0.2, 0) is 16.6 Å². The van der Waals surface area contributed by atoms with Crippen molar-refractivity contribution in [3.63, 3.8) is 0 Å². The minimum absolute atomic E-state index is 0.0226. The molecular formula is C20H30N2O2. The number of ether oxygens (including phenoxy) is 1. The minimum atomic E-state index is -0.473. The number of benzene rings is 1. The topological polar surface area (TPSA) is 55.6 Å². The molecule has 4 nitrogen and oxygen atoms in total. The molecule has 2 atom stereocenters. The Bertz CT molecular complexity index is 675. The van der Waals surface area contributed by atoms with Gasteiger partial charge in [-0.05, 0) is 62.3 Å². The van der Waals surface area contributed by atoms with Crippen LogP contribution in [0.2, 0.25) is 0 Å². The number of fused-ring (bicyclic) bond motifs is 4. The van der Waals surface area contributed by atoms with Crippen molar-refractivity contribution in [3.05, 3.63) is 29.3 Å². The number of piperidine rings is 1. The highest BCUT2D eigenvalue weighted by molar-refractivity contribution is 5.69. The molecule has 1 aliphatic heterocycles. The number of likely N-dealkylation sites (tertiary alicyclic amines) is 1. The number of rotatable bonds is 0. The maximum absolute atomic E-state index is 12.8. The minimum Gasteiger partial charge on any atom is -0.444 e. The van der Waals surface area contributed by atoms with Gasteiger partial charge in [0.05, 0.1) is 0 Å². The lowest BCUT2D eigenvalue weighted by atomic mass is 9.51. The third-order valence-electron chi connectivity index (χ3n) is 6.25. The van der Waals surface area contributed by atoms with Crippen LogP contribution in [0.25, 0.3) is 0 Å². The van der Waals surface area contributed by atoms with Gasteiger partial charge in [0.25, 0.3) is 0 Å². The van der Waals surface area contributed by atoms with Gasteiger partial charge in [0, 0.05) is 23.7 Å². The van der Waals surface area contributed by atoms with Crippen LogP contribution >= 0.6 is 0 Å². The Morgan fingerprint density at radius 3 is 2.58 bits per heavy atom. The molecule has 1 fully saturated rings. The molecule has 2 unspecified atom stereocenters. The highest BCUT2D eigenvalue weighted by Gasteiger charge is 2.57. The summed E-state index contributed by atoms with van der Waals surface area (Å²) in [5.74, 6) is 0. The lowest BCUT2D eigenvalue weighted by Gasteiger charge is -2.60. The second-order valence-electron chi connectivity index (χ2n) is 9.11. The number of nitrogen functional groups attached to an aromatic ring is 1. The van der Waals surface area contributed by atoms with Gasteiger partial charge < -0.3 is 15.4 Å². The number of carbonyl (C=O) groups excluding carboxylic acids is 1. The van der Waals surface area contributed by atoms with Crippen LogP contribution in [0.1, 0.15) is 59.1 Å². The SMILES string of the molecule is CC(C)(C)OC(=O)N1CCC2(C)c3ccc(N)cc3CC1C2(C)C. The smallest absolute Gasteiger partial charge is 0.410 e. The number of hydrogen-bond donors (Lipinski definition) is 1. The number of hydrogen-bond acceptors (Lipinski definition) is 3. The summed E-state index contributed by atoms with van der Waals surface area (Å²) in [5.41, 5.74) is 9.01. The summed E-state index contributed by atoms with van der Waals surface area (Å²) in [6.07, 6.45) is 1.57. The van der Waals surface area contributed by atoms with Crippen molar-refractivity contribution in [2.24, 2.45) is 5.41 Å². The van der Waals surface area contributed by atoms with E-state index in [0.717, 1.165) is 25.1 Å². The van der Waals surface area contributed by atoms with Crippen molar-refractivity contribution >= 4 is 11.8 Å². The molecule has 0 radical (unpaired) electrons. The molecule has 1 aromatic rings. The quantitative estimate of drug-likeness (QED) is 0.728. The highest BCUT2D eigenvalue weighted by atomic mass is 16.6. The summed E-state index contributed by atoms with van der Waals surface area (Å²) in [6, 6.07) is 6.39. The van der Waals surface area contributed by atoms with Crippen molar-refractivity contribution < 1.29 is 9.53 Å². The zero-order valence-corrected chi connectivity index (χ0v) is 15.8. The van der Waals surface area contributed by atoms with E-state index in [1.54, 1.807) is 0 Å². The Morgan fingerprint density at radius 1 is 1.29 bits per heavy atom.